The predicted molar refractivity (Wildman–Crippen MR) is 101 cm³/mol. The van der Waals surface area contributed by atoms with E-state index in [1.54, 1.807) is 0 Å². The number of carbonyl (C=O) groups is 1. The zero-order valence-corrected chi connectivity index (χ0v) is 16.5. The van der Waals surface area contributed by atoms with Gasteiger partial charge in [0.2, 0.25) is 0 Å². The predicted octanol–water partition coefficient (Wildman–Crippen LogP) is 3.25. The van der Waals surface area contributed by atoms with Crippen LogP contribution in [0, 0.1) is 20.8 Å². The molecular formula is C19H26N4O2S. The summed E-state index contributed by atoms with van der Waals surface area (Å²) in [4.78, 5) is 24.8. The molecule has 1 atom stereocenters. The zero-order valence-electron chi connectivity index (χ0n) is 15.7. The second kappa shape index (κ2) is 7.12. The van der Waals surface area contributed by atoms with E-state index in [4.69, 9.17) is 9.72 Å². The Kier molecular flexibility index (Phi) is 4.84. The second-order valence-corrected chi connectivity index (χ2v) is 8.56. The fraction of sp³-hybridized carbons (Fsp3) is 0.632. The molecule has 0 radical (unpaired) electrons. The van der Waals surface area contributed by atoms with Gasteiger partial charge in [0, 0.05) is 44.1 Å². The second-order valence-electron chi connectivity index (χ2n) is 7.36. The average molecular weight is 375 g/mol. The summed E-state index contributed by atoms with van der Waals surface area (Å²) >= 11 is 1.50. The van der Waals surface area contributed by atoms with Gasteiger partial charge >= 0.3 is 0 Å². The Hall–Kier alpha value is -1.73. The van der Waals surface area contributed by atoms with Crippen LogP contribution in [0.2, 0.25) is 0 Å². The minimum absolute atomic E-state index is 0.126. The minimum Gasteiger partial charge on any atom is -0.381 e. The minimum atomic E-state index is 0.126. The quantitative estimate of drug-likeness (QED) is 0.827. The van der Waals surface area contributed by atoms with E-state index in [-0.39, 0.29) is 5.91 Å². The van der Waals surface area contributed by atoms with Gasteiger partial charge in [-0.2, -0.15) is 0 Å². The summed E-state index contributed by atoms with van der Waals surface area (Å²) in [6.07, 6.45) is 5.03. The number of aromatic nitrogens is 3. The largest absolute Gasteiger partial charge is 0.381 e. The van der Waals surface area contributed by atoms with Crippen LogP contribution in [-0.2, 0) is 4.74 Å². The van der Waals surface area contributed by atoms with Crippen LogP contribution in [0.15, 0.2) is 6.20 Å². The van der Waals surface area contributed by atoms with E-state index in [2.05, 4.69) is 16.5 Å². The number of hydrogen-bond acceptors (Lipinski definition) is 5. The van der Waals surface area contributed by atoms with Crippen LogP contribution in [0.1, 0.15) is 63.1 Å². The lowest BCUT2D eigenvalue weighted by molar-refractivity contribution is 0.0788. The van der Waals surface area contributed by atoms with E-state index in [1.165, 1.54) is 22.9 Å². The number of nitrogens with zero attached hydrogens (tertiary/aromatic N) is 4. The Morgan fingerprint density at radius 3 is 2.69 bits per heavy atom. The highest BCUT2D eigenvalue weighted by atomic mass is 32.1. The molecule has 2 aromatic heterocycles. The Morgan fingerprint density at radius 2 is 2.00 bits per heavy atom. The van der Waals surface area contributed by atoms with Crippen molar-refractivity contribution in [2.75, 3.05) is 26.3 Å². The summed E-state index contributed by atoms with van der Waals surface area (Å²) in [5, 5.41) is 0.953. The molecule has 1 unspecified atom stereocenters. The fourth-order valence-electron chi connectivity index (χ4n) is 4.21. The Labute approximate surface area is 158 Å². The van der Waals surface area contributed by atoms with E-state index in [0.29, 0.717) is 12.0 Å². The first-order valence-corrected chi connectivity index (χ1v) is 10.2. The zero-order chi connectivity index (χ0) is 18.3. The van der Waals surface area contributed by atoms with Crippen molar-refractivity contribution in [3.63, 3.8) is 0 Å². The number of imidazole rings is 1. The van der Waals surface area contributed by atoms with Crippen LogP contribution >= 0.6 is 11.3 Å². The smallest absolute Gasteiger partial charge is 0.265 e. The third kappa shape index (κ3) is 3.18. The van der Waals surface area contributed by atoms with Crippen LogP contribution in [0.4, 0.5) is 0 Å². The molecule has 0 N–H and O–H groups in total. The third-order valence-electron chi connectivity index (χ3n) is 5.51. The van der Waals surface area contributed by atoms with E-state index < -0.39 is 0 Å². The van der Waals surface area contributed by atoms with Gasteiger partial charge in [0.05, 0.1) is 16.7 Å². The highest BCUT2D eigenvalue weighted by molar-refractivity contribution is 7.13. The van der Waals surface area contributed by atoms with Gasteiger partial charge < -0.3 is 14.2 Å². The van der Waals surface area contributed by atoms with Crippen LogP contribution in [-0.4, -0.2) is 51.6 Å². The Morgan fingerprint density at radius 1 is 1.23 bits per heavy atom. The fourth-order valence-corrected chi connectivity index (χ4v) is 5.10. The Balaban J connectivity index is 1.53. The first kappa shape index (κ1) is 17.7. The Bertz CT molecular complexity index is 807. The van der Waals surface area contributed by atoms with Gasteiger partial charge in [0.1, 0.15) is 10.7 Å². The van der Waals surface area contributed by atoms with Gasteiger partial charge in [-0.15, -0.1) is 11.3 Å². The number of carbonyl (C=O) groups excluding carboxylic acids is 1. The number of likely N-dealkylation sites (tertiary alicyclic amines) is 1. The number of aryl methyl sites for hydroxylation is 3. The molecule has 2 fully saturated rings. The summed E-state index contributed by atoms with van der Waals surface area (Å²) in [7, 11) is 0. The van der Waals surface area contributed by atoms with Gasteiger partial charge in [-0.1, -0.05) is 0 Å². The molecule has 4 heterocycles. The van der Waals surface area contributed by atoms with Crippen LogP contribution in [0.3, 0.4) is 0 Å². The van der Waals surface area contributed by atoms with Crippen LogP contribution in [0.25, 0.3) is 0 Å². The summed E-state index contributed by atoms with van der Waals surface area (Å²) in [6, 6.07) is 0.314. The average Bonchev–Trinajstić information content (AvgIpc) is 3.33. The molecule has 2 aromatic rings. The lowest BCUT2D eigenvalue weighted by atomic mass is 9.99. The van der Waals surface area contributed by atoms with Gasteiger partial charge in [-0.25, -0.2) is 9.97 Å². The maximum Gasteiger partial charge on any atom is 0.265 e. The standard InChI is InChI=1S/C19H26N4O2S/c1-12-10-20-18(15-5-8-25-9-6-15)23(12)16-4-7-22(11-16)19(24)17-13(2)21-14(3)26-17/h10,15-16H,4-9,11H2,1-3H3. The van der Waals surface area contributed by atoms with Crippen molar-refractivity contribution in [2.24, 2.45) is 0 Å². The molecule has 7 heteroatoms. The highest BCUT2D eigenvalue weighted by Crippen LogP contribution is 2.33. The number of ether oxygens (including phenoxy) is 1. The monoisotopic (exact) mass is 374 g/mol. The molecule has 0 saturated carbocycles. The third-order valence-corrected chi connectivity index (χ3v) is 6.57. The summed E-state index contributed by atoms with van der Waals surface area (Å²) < 4.78 is 7.89. The van der Waals surface area contributed by atoms with Gasteiger partial charge in [0.25, 0.3) is 5.91 Å². The van der Waals surface area contributed by atoms with E-state index in [9.17, 15) is 4.79 Å². The molecule has 140 valence electrons. The van der Waals surface area contributed by atoms with Gasteiger partial charge in [-0.3, -0.25) is 4.79 Å². The van der Waals surface area contributed by atoms with Crippen molar-refractivity contribution in [1.82, 2.24) is 19.4 Å². The van der Waals surface area contributed by atoms with E-state index >= 15 is 0 Å². The molecule has 0 aliphatic carbocycles. The molecule has 0 aromatic carbocycles. The molecule has 2 aliphatic rings. The molecule has 4 rings (SSSR count). The number of rotatable bonds is 3. The molecular weight excluding hydrogens is 348 g/mol. The number of thiazole rings is 1. The molecule has 0 spiro atoms. The van der Waals surface area contributed by atoms with Gasteiger partial charge in [-0.05, 0) is 40.0 Å². The molecule has 2 saturated heterocycles. The maximum atomic E-state index is 12.9. The summed E-state index contributed by atoms with van der Waals surface area (Å²) in [6.45, 7) is 9.18. The van der Waals surface area contributed by atoms with Crippen LogP contribution < -0.4 is 0 Å². The van der Waals surface area contributed by atoms with Crippen molar-refractivity contribution >= 4 is 17.2 Å². The van der Waals surface area contributed by atoms with Crippen molar-refractivity contribution in [1.29, 1.82) is 0 Å². The summed E-state index contributed by atoms with van der Waals surface area (Å²) in [5.41, 5.74) is 2.04. The first-order chi connectivity index (χ1) is 12.5. The molecule has 2 aliphatic heterocycles. The summed E-state index contributed by atoms with van der Waals surface area (Å²) in [5.74, 6) is 1.77. The maximum absolute atomic E-state index is 12.9. The lowest BCUT2D eigenvalue weighted by Crippen LogP contribution is -2.29. The first-order valence-electron chi connectivity index (χ1n) is 9.39. The molecule has 1 amide bonds. The van der Waals surface area contributed by atoms with E-state index in [0.717, 1.165) is 61.1 Å². The van der Waals surface area contributed by atoms with Crippen molar-refractivity contribution in [2.45, 2.75) is 52.0 Å². The van der Waals surface area contributed by atoms with Crippen molar-refractivity contribution in [3.05, 3.63) is 33.3 Å². The normalized spacial score (nSPS) is 21.5. The SMILES string of the molecule is Cc1nc(C)c(C(=O)N2CCC(n3c(C)cnc3C3CCOCC3)C2)s1. The van der Waals surface area contributed by atoms with Crippen molar-refractivity contribution in [3.8, 4) is 0 Å². The number of hydrogen-bond donors (Lipinski definition) is 0. The van der Waals surface area contributed by atoms with Gasteiger partial charge in [0.15, 0.2) is 0 Å². The van der Waals surface area contributed by atoms with Crippen molar-refractivity contribution < 1.29 is 9.53 Å². The van der Waals surface area contributed by atoms with Crippen LogP contribution in [0.5, 0.6) is 0 Å². The topological polar surface area (TPSA) is 60.2 Å². The molecule has 0 bridgehead atoms. The van der Waals surface area contributed by atoms with E-state index in [1.807, 2.05) is 24.9 Å². The highest BCUT2D eigenvalue weighted by Gasteiger charge is 2.33. The lowest BCUT2D eigenvalue weighted by Gasteiger charge is -2.26. The number of amides is 1. The molecule has 6 nitrogen and oxygen atoms in total. The molecule has 26 heavy (non-hydrogen) atoms.